The third-order valence-corrected chi connectivity index (χ3v) is 1.16. The van der Waals surface area contributed by atoms with Gasteiger partial charge in [-0.05, 0) is 18.6 Å². The van der Waals surface area contributed by atoms with Crippen LogP contribution in [0.1, 0.15) is 6.42 Å². The lowest BCUT2D eigenvalue weighted by Crippen LogP contribution is -2.07. The molecule has 0 aliphatic carbocycles. The topological polar surface area (TPSA) is 41.5 Å². The van der Waals surface area contributed by atoms with Crippen LogP contribution in [0, 0.1) is 0 Å². The third-order valence-electron chi connectivity index (χ3n) is 1.16. The average Bonchev–Trinajstić information content (AvgIpc) is 2.17. The quantitative estimate of drug-likeness (QED) is 0.590. The second-order valence-electron chi connectivity index (χ2n) is 1.93. The summed E-state index contributed by atoms with van der Waals surface area (Å²) in [7, 11) is 0. The summed E-state index contributed by atoms with van der Waals surface area (Å²) in [5, 5.41) is 2.33. The van der Waals surface area contributed by atoms with Gasteiger partial charge in [-0.3, -0.25) is 4.79 Å². The molecule has 0 bridgehead atoms. The van der Waals surface area contributed by atoms with Crippen molar-refractivity contribution < 1.29 is 9.18 Å². The number of hydrogen-bond acceptors (Lipinski definition) is 2. The lowest BCUT2D eigenvalue weighted by atomic mass is 10.3. The summed E-state index contributed by atoms with van der Waals surface area (Å²) in [5.41, 5.74) is 0. The molecule has 0 radical (unpaired) electrons. The first kappa shape index (κ1) is 7.65. The number of halogens is 1. The Bertz CT molecular complexity index is 240. The normalized spacial score (nSPS) is 16.5. The Morgan fingerprint density at radius 2 is 2.45 bits per heavy atom. The van der Waals surface area contributed by atoms with E-state index in [1.54, 1.807) is 6.08 Å². The zero-order valence-corrected chi connectivity index (χ0v) is 5.75. The summed E-state index contributed by atoms with van der Waals surface area (Å²) in [5.74, 6) is -0.00662. The largest absolute Gasteiger partial charge is 0.314 e. The molecule has 4 heteroatoms. The Morgan fingerprint density at radius 1 is 1.64 bits per heavy atom. The standard InChI is InChI=1S/C7H7FN2O/c8-6-2-1-3-7(9-4-6)10-5-11/h2-5H,1H2,(H,10,11). The summed E-state index contributed by atoms with van der Waals surface area (Å²) in [6.45, 7) is 0. The van der Waals surface area contributed by atoms with E-state index in [0.717, 1.165) is 6.21 Å². The van der Waals surface area contributed by atoms with Crippen LogP contribution in [-0.4, -0.2) is 12.6 Å². The zero-order chi connectivity index (χ0) is 8.10. The van der Waals surface area contributed by atoms with Gasteiger partial charge in [0.25, 0.3) is 0 Å². The molecule has 1 N–H and O–H groups in total. The van der Waals surface area contributed by atoms with Gasteiger partial charge in [-0.15, -0.1) is 0 Å². The smallest absolute Gasteiger partial charge is 0.212 e. The monoisotopic (exact) mass is 154 g/mol. The van der Waals surface area contributed by atoms with Gasteiger partial charge in [-0.2, -0.15) is 0 Å². The maximum Gasteiger partial charge on any atom is 0.212 e. The van der Waals surface area contributed by atoms with Gasteiger partial charge in [-0.1, -0.05) is 0 Å². The number of carbonyl (C=O) groups is 1. The fraction of sp³-hybridized carbons (Fsp3) is 0.143. The maximum absolute atomic E-state index is 12.4. The Morgan fingerprint density at radius 3 is 3.18 bits per heavy atom. The molecule has 0 fully saturated rings. The fourth-order valence-electron chi connectivity index (χ4n) is 0.676. The van der Waals surface area contributed by atoms with Gasteiger partial charge < -0.3 is 5.32 Å². The van der Waals surface area contributed by atoms with Crippen molar-refractivity contribution in [3.8, 4) is 0 Å². The van der Waals surface area contributed by atoms with Gasteiger partial charge in [0.05, 0.1) is 6.21 Å². The predicted molar refractivity (Wildman–Crippen MR) is 39.6 cm³/mol. The molecular weight excluding hydrogens is 147 g/mol. The van der Waals surface area contributed by atoms with E-state index in [1.807, 2.05) is 0 Å². The summed E-state index contributed by atoms with van der Waals surface area (Å²) in [6.07, 6.45) is 5.02. The summed E-state index contributed by atoms with van der Waals surface area (Å²) >= 11 is 0. The lowest BCUT2D eigenvalue weighted by Gasteiger charge is -1.93. The molecule has 11 heavy (non-hydrogen) atoms. The first-order valence-electron chi connectivity index (χ1n) is 3.13. The molecule has 1 rings (SSSR count). The number of rotatable bonds is 2. The van der Waals surface area contributed by atoms with E-state index in [0.29, 0.717) is 18.7 Å². The van der Waals surface area contributed by atoms with E-state index in [9.17, 15) is 9.18 Å². The molecule has 0 aromatic rings. The van der Waals surface area contributed by atoms with Gasteiger partial charge in [0.15, 0.2) is 0 Å². The number of allylic oxidation sites excluding steroid dienone is 3. The van der Waals surface area contributed by atoms with Crippen molar-refractivity contribution in [2.75, 3.05) is 0 Å². The Kier molecular flexibility index (Phi) is 2.54. The number of nitrogens with one attached hydrogen (secondary N) is 1. The molecule has 1 aliphatic rings. The van der Waals surface area contributed by atoms with Crippen LogP contribution < -0.4 is 5.32 Å². The molecule has 0 unspecified atom stereocenters. The highest BCUT2D eigenvalue weighted by Gasteiger charge is 1.96. The van der Waals surface area contributed by atoms with E-state index in [4.69, 9.17) is 0 Å². The van der Waals surface area contributed by atoms with Crippen molar-refractivity contribution in [2.24, 2.45) is 4.99 Å². The minimum absolute atomic E-state index is 0.379. The molecule has 0 spiro atoms. The lowest BCUT2D eigenvalue weighted by molar-refractivity contribution is -0.108. The molecule has 0 saturated heterocycles. The minimum Gasteiger partial charge on any atom is -0.314 e. The highest BCUT2D eigenvalue weighted by Crippen LogP contribution is 2.04. The van der Waals surface area contributed by atoms with Crippen LogP contribution in [0.4, 0.5) is 4.39 Å². The van der Waals surface area contributed by atoms with Crippen molar-refractivity contribution in [3.05, 3.63) is 23.8 Å². The molecule has 58 valence electrons. The van der Waals surface area contributed by atoms with E-state index >= 15 is 0 Å². The van der Waals surface area contributed by atoms with Gasteiger partial charge in [0.1, 0.15) is 11.6 Å². The molecule has 3 nitrogen and oxygen atoms in total. The molecule has 0 aromatic heterocycles. The van der Waals surface area contributed by atoms with Crippen LogP contribution in [0.25, 0.3) is 0 Å². The van der Waals surface area contributed by atoms with Crippen molar-refractivity contribution in [3.63, 3.8) is 0 Å². The molecule has 0 aromatic carbocycles. The Balaban J connectivity index is 2.65. The van der Waals surface area contributed by atoms with Gasteiger partial charge >= 0.3 is 0 Å². The molecule has 0 saturated carbocycles. The molecule has 1 aliphatic heterocycles. The Labute approximate surface area is 63.3 Å². The highest BCUT2D eigenvalue weighted by atomic mass is 19.1. The number of amides is 1. The van der Waals surface area contributed by atoms with Crippen LogP contribution in [0.5, 0.6) is 0 Å². The number of hydrogen-bond donors (Lipinski definition) is 1. The van der Waals surface area contributed by atoms with Gasteiger partial charge in [0.2, 0.25) is 6.41 Å². The van der Waals surface area contributed by atoms with Crippen molar-refractivity contribution >= 4 is 12.6 Å². The van der Waals surface area contributed by atoms with E-state index in [-0.39, 0.29) is 5.83 Å². The van der Waals surface area contributed by atoms with Gasteiger partial charge in [-0.25, -0.2) is 9.38 Å². The third kappa shape index (κ3) is 2.33. The summed E-state index contributed by atoms with van der Waals surface area (Å²) in [4.78, 5) is 13.6. The van der Waals surface area contributed by atoms with E-state index in [2.05, 4.69) is 10.3 Å². The Hall–Kier alpha value is -1.45. The molecule has 1 heterocycles. The highest BCUT2D eigenvalue weighted by molar-refractivity contribution is 5.77. The van der Waals surface area contributed by atoms with Crippen LogP contribution in [0.3, 0.4) is 0 Å². The van der Waals surface area contributed by atoms with Crippen molar-refractivity contribution in [2.45, 2.75) is 6.42 Å². The van der Waals surface area contributed by atoms with Crippen LogP contribution >= 0.6 is 0 Å². The van der Waals surface area contributed by atoms with Crippen LogP contribution in [0.15, 0.2) is 28.8 Å². The summed E-state index contributed by atoms with van der Waals surface area (Å²) in [6, 6.07) is 0. The minimum atomic E-state index is -0.385. The van der Waals surface area contributed by atoms with E-state index in [1.165, 1.54) is 6.08 Å². The fourth-order valence-corrected chi connectivity index (χ4v) is 0.676. The number of carbonyl (C=O) groups excluding carboxylic acids is 1. The van der Waals surface area contributed by atoms with Crippen LogP contribution in [-0.2, 0) is 4.79 Å². The maximum atomic E-state index is 12.4. The first-order chi connectivity index (χ1) is 5.33. The van der Waals surface area contributed by atoms with E-state index < -0.39 is 0 Å². The van der Waals surface area contributed by atoms with Gasteiger partial charge in [0, 0.05) is 0 Å². The first-order valence-corrected chi connectivity index (χ1v) is 3.13. The number of aliphatic imine (C=N–C) groups is 1. The second kappa shape index (κ2) is 3.65. The molecule has 0 atom stereocenters. The average molecular weight is 154 g/mol. The summed E-state index contributed by atoms with van der Waals surface area (Å²) < 4.78 is 12.4. The number of nitrogens with zero attached hydrogens (tertiary/aromatic N) is 1. The van der Waals surface area contributed by atoms with Crippen LogP contribution in [0.2, 0.25) is 0 Å². The molecular formula is C7H7FN2O. The second-order valence-corrected chi connectivity index (χ2v) is 1.93. The molecule has 1 amide bonds. The van der Waals surface area contributed by atoms with Crippen molar-refractivity contribution in [1.29, 1.82) is 0 Å². The van der Waals surface area contributed by atoms with Crippen molar-refractivity contribution in [1.82, 2.24) is 5.32 Å². The zero-order valence-electron chi connectivity index (χ0n) is 5.75. The predicted octanol–water partition coefficient (Wildman–Crippen LogP) is 0.902. The SMILES string of the molecule is O=CNC1=CCC=C(F)C=N1.